The molecule has 1 aliphatic heterocycles. The molecule has 1 aromatic rings. The molecule has 19 heavy (non-hydrogen) atoms. The summed E-state index contributed by atoms with van der Waals surface area (Å²) in [5, 5.41) is 9.11. The van der Waals surface area contributed by atoms with Crippen LogP contribution in [0.5, 0.6) is 0 Å². The highest BCUT2D eigenvalue weighted by Crippen LogP contribution is 2.41. The molecule has 3 N–H and O–H groups in total. The number of nitrogens with two attached hydrogens (primary N) is 1. The molecule has 0 bridgehead atoms. The number of pyridine rings is 1. The maximum Gasteiger partial charge on any atom is 0.335 e. The van der Waals surface area contributed by atoms with E-state index in [1.807, 2.05) is 6.92 Å². The van der Waals surface area contributed by atoms with Crippen molar-refractivity contribution in [2.24, 2.45) is 17.6 Å². The summed E-state index contributed by atoms with van der Waals surface area (Å²) in [6.07, 6.45) is 2.57. The fraction of sp³-hybridized carbons (Fsp3) is 0.571. The van der Waals surface area contributed by atoms with E-state index in [1.165, 1.54) is 12.8 Å². The molecule has 0 unspecified atom stereocenters. The van der Waals surface area contributed by atoms with E-state index in [1.54, 1.807) is 12.1 Å². The zero-order valence-corrected chi connectivity index (χ0v) is 11.0. The predicted molar refractivity (Wildman–Crippen MR) is 72.3 cm³/mol. The van der Waals surface area contributed by atoms with Crippen LogP contribution in [0, 0.1) is 18.8 Å². The minimum Gasteiger partial charge on any atom is -0.478 e. The first-order chi connectivity index (χ1) is 9.04. The van der Waals surface area contributed by atoms with Gasteiger partial charge in [0.25, 0.3) is 0 Å². The zero-order valence-electron chi connectivity index (χ0n) is 11.0. The van der Waals surface area contributed by atoms with Crippen LogP contribution in [0.2, 0.25) is 0 Å². The number of anilines is 1. The Hall–Kier alpha value is -1.62. The number of rotatable bonds is 3. The van der Waals surface area contributed by atoms with Crippen LogP contribution in [0.4, 0.5) is 5.82 Å². The largest absolute Gasteiger partial charge is 0.478 e. The van der Waals surface area contributed by atoms with Crippen LogP contribution in [-0.2, 0) is 0 Å². The fourth-order valence-corrected chi connectivity index (χ4v) is 3.00. The van der Waals surface area contributed by atoms with Crippen molar-refractivity contribution in [3.8, 4) is 0 Å². The molecule has 5 nitrogen and oxygen atoms in total. The highest BCUT2D eigenvalue weighted by molar-refractivity contribution is 5.88. The number of hydrogen-bond acceptors (Lipinski definition) is 4. The van der Waals surface area contributed by atoms with E-state index in [2.05, 4.69) is 9.88 Å². The summed E-state index contributed by atoms with van der Waals surface area (Å²) < 4.78 is 0. The summed E-state index contributed by atoms with van der Waals surface area (Å²) in [6, 6.07) is 3.43. The van der Waals surface area contributed by atoms with E-state index < -0.39 is 5.97 Å². The van der Waals surface area contributed by atoms with Gasteiger partial charge in [0.15, 0.2) is 0 Å². The molecular formula is C14H19N3O2. The van der Waals surface area contributed by atoms with Gasteiger partial charge in [-0.15, -0.1) is 0 Å². The lowest BCUT2D eigenvalue weighted by molar-refractivity contribution is 0.0696. The second-order valence-electron chi connectivity index (χ2n) is 5.73. The van der Waals surface area contributed by atoms with Gasteiger partial charge in [0.2, 0.25) is 0 Å². The normalized spacial score (nSPS) is 26.7. The molecule has 2 heterocycles. The number of aryl methyl sites for hydroxylation is 1. The van der Waals surface area contributed by atoms with Crippen molar-refractivity contribution in [2.75, 3.05) is 18.0 Å². The third-order valence-corrected chi connectivity index (χ3v) is 4.15. The maximum absolute atomic E-state index is 11.1. The molecule has 1 aromatic heterocycles. The van der Waals surface area contributed by atoms with Crippen LogP contribution in [0.15, 0.2) is 12.1 Å². The number of aromatic carboxylic acids is 1. The van der Waals surface area contributed by atoms with Crippen LogP contribution < -0.4 is 10.6 Å². The zero-order chi connectivity index (χ0) is 13.6. The quantitative estimate of drug-likeness (QED) is 0.856. The fourth-order valence-electron chi connectivity index (χ4n) is 3.00. The molecule has 2 aliphatic rings. The number of hydrogen-bond donors (Lipinski definition) is 2. The van der Waals surface area contributed by atoms with Gasteiger partial charge in [-0.3, -0.25) is 0 Å². The maximum atomic E-state index is 11.1. The molecule has 2 fully saturated rings. The Balaban J connectivity index is 1.84. The van der Waals surface area contributed by atoms with Crippen molar-refractivity contribution < 1.29 is 9.90 Å². The van der Waals surface area contributed by atoms with Gasteiger partial charge in [-0.25, -0.2) is 9.78 Å². The second kappa shape index (κ2) is 4.49. The lowest BCUT2D eigenvalue weighted by atomic mass is 9.99. The van der Waals surface area contributed by atoms with Crippen molar-refractivity contribution in [1.82, 2.24) is 4.98 Å². The molecule has 0 radical (unpaired) electrons. The summed E-state index contributed by atoms with van der Waals surface area (Å²) in [7, 11) is 0. The van der Waals surface area contributed by atoms with Gasteiger partial charge in [-0.2, -0.15) is 0 Å². The molecule has 3 rings (SSSR count). The number of carboxylic acids is 1. The van der Waals surface area contributed by atoms with Crippen molar-refractivity contribution in [2.45, 2.75) is 25.8 Å². The summed E-state index contributed by atoms with van der Waals surface area (Å²) in [6.45, 7) is 3.50. The average molecular weight is 261 g/mol. The van der Waals surface area contributed by atoms with Gasteiger partial charge >= 0.3 is 5.97 Å². The third-order valence-electron chi connectivity index (χ3n) is 4.15. The van der Waals surface area contributed by atoms with Crippen LogP contribution in [0.25, 0.3) is 0 Å². The summed E-state index contributed by atoms with van der Waals surface area (Å²) in [4.78, 5) is 17.7. The Bertz CT molecular complexity index is 513. The molecule has 5 heteroatoms. The molecule has 0 aromatic carbocycles. The van der Waals surface area contributed by atoms with Crippen molar-refractivity contribution in [3.63, 3.8) is 0 Å². The van der Waals surface area contributed by atoms with Gasteiger partial charge < -0.3 is 15.7 Å². The standard InChI is InChI=1S/C14H19N3O2/c1-8-4-10(14(18)19)5-13(16-8)17-6-11(9-2-3-9)12(15)7-17/h4-5,9,11-12H,2-3,6-7,15H2,1H3,(H,18,19)/t11-,12+/m0/s1. The Morgan fingerprint density at radius 1 is 1.42 bits per heavy atom. The van der Waals surface area contributed by atoms with E-state index in [9.17, 15) is 4.79 Å². The van der Waals surface area contributed by atoms with Crippen LogP contribution in [0.3, 0.4) is 0 Å². The molecule has 2 atom stereocenters. The molecule has 102 valence electrons. The smallest absolute Gasteiger partial charge is 0.335 e. The van der Waals surface area contributed by atoms with Crippen LogP contribution in [-0.4, -0.2) is 35.2 Å². The second-order valence-corrected chi connectivity index (χ2v) is 5.73. The first-order valence-corrected chi connectivity index (χ1v) is 6.77. The predicted octanol–water partition coefficient (Wildman–Crippen LogP) is 1.26. The minimum atomic E-state index is -0.908. The first kappa shape index (κ1) is 12.4. The molecule has 1 saturated carbocycles. The summed E-state index contributed by atoms with van der Waals surface area (Å²) in [5.74, 6) is 1.14. The van der Waals surface area contributed by atoms with Gasteiger partial charge in [0.1, 0.15) is 5.82 Å². The highest BCUT2D eigenvalue weighted by atomic mass is 16.4. The lowest BCUT2D eigenvalue weighted by Crippen LogP contribution is -2.30. The third kappa shape index (κ3) is 2.42. The average Bonchev–Trinajstić information content (AvgIpc) is 3.12. The minimum absolute atomic E-state index is 0.183. The molecular weight excluding hydrogens is 242 g/mol. The van der Waals surface area contributed by atoms with E-state index >= 15 is 0 Å². The molecule has 0 amide bonds. The number of aromatic nitrogens is 1. The van der Waals surface area contributed by atoms with E-state index in [0.717, 1.165) is 30.5 Å². The SMILES string of the molecule is Cc1cc(C(=O)O)cc(N2C[C@@H](N)[C@H](C3CC3)C2)n1. The number of carboxylic acid groups (broad SMARTS) is 1. The van der Waals surface area contributed by atoms with Gasteiger partial charge in [-0.05, 0) is 43.7 Å². The van der Waals surface area contributed by atoms with Crippen molar-refractivity contribution in [3.05, 3.63) is 23.4 Å². The summed E-state index contributed by atoms with van der Waals surface area (Å²) in [5.41, 5.74) is 7.23. The van der Waals surface area contributed by atoms with Crippen LogP contribution >= 0.6 is 0 Å². The Labute approximate surface area is 112 Å². The Kier molecular flexibility index (Phi) is 2.93. The molecule has 0 spiro atoms. The number of carbonyl (C=O) groups is 1. The lowest BCUT2D eigenvalue weighted by Gasteiger charge is -2.18. The van der Waals surface area contributed by atoms with Gasteiger partial charge in [-0.1, -0.05) is 0 Å². The Morgan fingerprint density at radius 3 is 2.79 bits per heavy atom. The Morgan fingerprint density at radius 2 is 2.16 bits per heavy atom. The van der Waals surface area contributed by atoms with Crippen molar-refractivity contribution in [1.29, 1.82) is 0 Å². The first-order valence-electron chi connectivity index (χ1n) is 6.77. The highest BCUT2D eigenvalue weighted by Gasteiger charge is 2.41. The molecule has 1 saturated heterocycles. The van der Waals surface area contributed by atoms with E-state index in [-0.39, 0.29) is 6.04 Å². The van der Waals surface area contributed by atoms with E-state index in [4.69, 9.17) is 10.8 Å². The topological polar surface area (TPSA) is 79.5 Å². The van der Waals surface area contributed by atoms with Gasteiger partial charge in [0.05, 0.1) is 5.56 Å². The number of nitrogens with zero attached hydrogens (tertiary/aromatic N) is 2. The van der Waals surface area contributed by atoms with Gasteiger partial charge in [0, 0.05) is 24.8 Å². The van der Waals surface area contributed by atoms with E-state index in [0.29, 0.717) is 11.5 Å². The van der Waals surface area contributed by atoms with Crippen molar-refractivity contribution >= 4 is 11.8 Å². The monoisotopic (exact) mass is 261 g/mol. The summed E-state index contributed by atoms with van der Waals surface area (Å²) >= 11 is 0. The van der Waals surface area contributed by atoms with Crippen LogP contribution in [0.1, 0.15) is 28.9 Å². The molecule has 1 aliphatic carbocycles.